The van der Waals surface area contributed by atoms with Crippen LogP contribution in [0.15, 0.2) is 33.6 Å². The summed E-state index contributed by atoms with van der Waals surface area (Å²) in [5, 5.41) is 2.56. The van der Waals surface area contributed by atoms with Crippen molar-refractivity contribution in [1.29, 1.82) is 0 Å². The molecule has 8 heteroatoms. The number of hydrogen-bond acceptors (Lipinski definition) is 4. The van der Waals surface area contributed by atoms with Gasteiger partial charge in [0.1, 0.15) is 0 Å². The lowest BCUT2D eigenvalue weighted by Gasteiger charge is -2.25. The van der Waals surface area contributed by atoms with E-state index >= 15 is 0 Å². The molecule has 21 heavy (non-hydrogen) atoms. The molecule has 0 unspecified atom stereocenters. The van der Waals surface area contributed by atoms with E-state index in [1.165, 1.54) is 12.1 Å². The van der Waals surface area contributed by atoms with Gasteiger partial charge in [-0.25, -0.2) is 8.42 Å². The van der Waals surface area contributed by atoms with Gasteiger partial charge in [0.05, 0.1) is 15.7 Å². The van der Waals surface area contributed by atoms with Crippen molar-refractivity contribution in [2.75, 3.05) is 6.54 Å². The Morgan fingerprint density at radius 2 is 1.81 bits per heavy atom. The molecule has 3 N–H and O–H groups in total. The number of nitrogens with two attached hydrogens (primary N) is 1. The van der Waals surface area contributed by atoms with E-state index in [9.17, 15) is 13.2 Å². The standard InChI is InChI=1S/C13H19BrN2O3S.ClH/c1-9(15)12(17)16-8-13(2,3)20(18,19)11-6-4-10(14)5-7-11;/h4-7,9H,8,15H2,1-3H3,(H,16,17);1H/t9-;/m0./s1. The summed E-state index contributed by atoms with van der Waals surface area (Å²) in [6.07, 6.45) is 0. The highest BCUT2D eigenvalue weighted by Crippen LogP contribution is 2.26. The van der Waals surface area contributed by atoms with Gasteiger partial charge in [0.15, 0.2) is 9.84 Å². The van der Waals surface area contributed by atoms with Crippen LogP contribution in [0, 0.1) is 0 Å². The van der Waals surface area contributed by atoms with Crippen molar-refractivity contribution in [3.63, 3.8) is 0 Å². The number of rotatable bonds is 5. The van der Waals surface area contributed by atoms with E-state index < -0.39 is 20.6 Å². The van der Waals surface area contributed by atoms with Crippen LogP contribution in [0.4, 0.5) is 0 Å². The van der Waals surface area contributed by atoms with Gasteiger partial charge in [-0.15, -0.1) is 12.4 Å². The normalized spacial score (nSPS) is 13.2. The molecule has 1 rings (SSSR count). The van der Waals surface area contributed by atoms with Crippen molar-refractivity contribution >= 4 is 44.1 Å². The maximum Gasteiger partial charge on any atom is 0.236 e. The molecule has 0 saturated carbocycles. The predicted octanol–water partition coefficient (Wildman–Crippen LogP) is 1.89. The molecule has 120 valence electrons. The third-order valence-corrected chi connectivity index (χ3v) is 5.97. The Kier molecular flexibility index (Phi) is 7.35. The molecule has 1 atom stereocenters. The van der Waals surface area contributed by atoms with Crippen LogP contribution >= 0.6 is 28.3 Å². The van der Waals surface area contributed by atoms with Crippen LogP contribution in [0.25, 0.3) is 0 Å². The summed E-state index contributed by atoms with van der Waals surface area (Å²) in [5.74, 6) is -0.371. The molecule has 0 aliphatic rings. The summed E-state index contributed by atoms with van der Waals surface area (Å²) in [4.78, 5) is 11.7. The van der Waals surface area contributed by atoms with E-state index in [0.717, 1.165) is 4.47 Å². The Morgan fingerprint density at radius 3 is 2.24 bits per heavy atom. The van der Waals surface area contributed by atoms with E-state index in [1.54, 1.807) is 32.9 Å². The summed E-state index contributed by atoms with van der Waals surface area (Å²) in [6.45, 7) is 4.70. The molecule has 1 aromatic rings. The SMILES string of the molecule is C[C@H](N)C(=O)NCC(C)(C)S(=O)(=O)c1ccc(Br)cc1.Cl. The van der Waals surface area contributed by atoms with Gasteiger partial charge in [0, 0.05) is 11.0 Å². The Morgan fingerprint density at radius 1 is 1.33 bits per heavy atom. The molecule has 1 amide bonds. The smallest absolute Gasteiger partial charge is 0.236 e. The minimum absolute atomic E-state index is 0. The van der Waals surface area contributed by atoms with Crippen molar-refractivity contribution < 1.29 is 13.2 Å². The molecule has 0 spiro atoms. The lowest BCUT2D eigenvalue weighted by molar-refractivity contribution is -0.122. The molecule has 0 aliphatic heterocycles. The molecule has 0 radical (unpaired) electrons. The Labute approximate surface area is 140 Å². The number of benzene rings is 1. The third kappa shape index (κ3) is 4.95. The number of carbonyl (C=O) groups is 1. The van der Waals surface area contributed by atoms with Gasteiger partial charge in [-0.1, -0.05) is 15.9 Å². The summed E-state index contributed by atoms with van der Waals surface area (Å²) < 4.78 is 24.8. The lowest BCUT2D eigenvalue weighted by Crippen LogP contribution is -2.48. The van der Waals surface area contributed by atoms with Gasteiger partial charge >= 0.3 is 0 Å². The van der Waals surface area contributed by atoms with Gasteiger partial charge in [-0.05, 0) is 45.0 Å². The molecule has 0 heterocycles. The van der Waals surface area contributed by atoms with Gasteiger partial charge in [0.2, 0.25) is 5.91 Å². The van der Waals surface area contributed by atoms with Crippen LogP contribution in [-0.4, -0.2) is 31.7 Å². The first-order valence-electron chi connectivity index (χ1n) is 6.11. The summed E-state index contributed by atoms with van der Waals surface area (Å²) in [7, 11) is -3.55. The molecule has 0 saturated heterocycles. The number of carbonyl (C=O) groups excluding carboxylic acids is 1. The number of hydrogen-bond donors (Lipinski definition) is 2. The number of sulfone groups is 1. The average molecular weight is 400 g/mol. The summed E-state index contributed by atoms with van der Waals surface area (Å²) in [5.41, 5.74) is 5.44. The van der Waals surface area contributed by atoms with E-state index in [0.29, 0.717) is 0 Å². The average Bonchev–Trinajstić information content (AvgIpc) is 2.36. The van der Waals surface area contributed by atoms with Crippen molar-refractivity contribution in [2.24, 2.45) is 5.73 Å². The van der Waals surface area contributed by atoms with Crippen LogP contribution in [0.1, 0.15) is 20.8 Å². The first kappa shape index (κ1) is 20.4. The second-order valence-corrected chi connectivity index (χ2v) is 8.72. The maximum atomic E-state index is 12.5. The molecule has 0 fully saturated rings. The monoisotopic (exact) mass is 398 g/mol. The first-order chi connectivity index (χ1) is 9.08. The molecular formula is C13H20BrClN2O3S. The number of amides is 1. The van der Waals surface area contributed by atoms with Crippen LogP contribution in [0.5, 0.6) is 0 Å². The van der Waals surface area contributed by atoms with E-state index in [-0.39, 0.29) is 29.8 Å². The zero-order valence-electron chi connectivity index (χ0n) is 12.1. The molecule has 5 nitrogen and oxygen atoms in total. The molecule has 1 aromatic carbocycles. The Hall–Kier alpha value is -0.630. The maximum absolute atomic E-state index is 12.5. The van der Waals surface area contributed by atoms with E-state index in [2.05, 4.69) is 21.2 Å². The van der Waals surface area contributed by atoms with Crippen LogP contribution in [-0.2, 0) is 14.6 Å². The Bertz CT molecular complexity index is 586. The Balaban J connectivity index is 0.00000400. The van der Waals surface area contributed by atoms with Crippen molar-refractivity contribution in [1.82, 2.24) is 5.32 Å². The highest BCUT2D eigenvalue weighted by atomic mass is 79.9. The van der Waals surface area contributed by atoms with Gasteiger partial charge < -0.3 is 11.1 Å². The number of halogens is 2. The second kappa shape index (κ2) is 7.58. The minimum Gasteiger partial charge on any atom is -0.353 e. The summed E-state index contributed by atoms with van der Waals surface area (Å²) in [6, 6.07) is 5.75. The zero-order valence-corrected chi connectivity index (χ0v) is 15.3. The van der Waals surface area contributed by atoms with Crippen LogP contribution in [0.2, 0.25) is 0 Å². The van der Waals surface area contributed by atoms with Crippen molar-refractivity contribution in [3.8, 4) is 0 Å². The molecule has 0 aliphatic carbocycles. The highest BCUT2D eigenvalue weighted by molar-refractivity contribution is 9.10. The lowest BCUT2D eigenvalue weighted by atomic mass is 10.2. The highest BCUT2D eigenvalue weighted by Gasteiger charge is 2.36. The molecule has 0 bridgehead atoms. The summed E-state index contributed by atoms with van der Waals surface area (Å²) >= 11 is 3.26. The van der Waals surface area contributed by atoms with Gasteiger partial charge in [0.25, 0.3) is 0 Å². The van der Waals surface area contributed by atoms with Crippen molar-refractivity contribution in [3.05, 3.63) is 28.7 Å². The minimum atomic E-state index is -3.55. The fraction of sp³-hybridized carbons (Fsp3) is 0.462. The fourth-order valence-electron chi connectivity index (χ4n) is 1.49. The first-order valence-corrected chi connectivity index (χ1v) is 8.39. The van der Waals surface area contributed by atoms with Crippen molar-refractivity contribution in [2.45, 2.75) is 36.5 Å². The van der Waals surface area contributed by atoms with E-state index in [4.69, 9.17) is 5.73 Å². The quantitative estimate of drug-likeness (QED) is 0.791. The largest absolute Gasteiger partial charge is 0.353 e. The van der Waals surface area contributed by atoms with E-state index in [1.807, 2.05) is 0 Å². The van der Waals surface area contributed by atoms with Crippen LogP contribution < -0.4 is 11.1 Å². The zero-order chi connectivity index (χ0) is 15.6. The molecular weight excluding hydrogens is 380 g/mol. The van der Waals surface area contributed by atoms with Gasteiger partial charge in [-0.2, -0.15) is 0 Å². The fourth-order valence-corrected chi connectivity index (χ4v) is 3.15. The van der Waals surface area contributed by atoms with Crippen LogP contribution in [0.3, 0.4) is 0 Å². The predicted molar refractivity (Wildman–Crippen MR) is 89.3 cm³/mol. The number of nitrogens with one attached hydrogen (secondary N) is 1. The third-order valence-electron chi connectivity index (χ3n) is 2.95. The molecule has 0 aromatic heterocycles. The van der Waals surface area contributed by atoms with Gasteiger partial charge in [-0.3, -0.25) is 4.79 Å². The second-order valence-electron chi connectivity index (χ2n) is 5.22. The topological polar surface area (TPSA) is 89.3 Å².